The molecule has 1 aromatic rings. The standard InChI is InChI=1S/C12H18BrNO2/c1-9-6-10(12(15)11(13)7-9)8-14-4-3-5-16-2/h6-7,14-15H,3-5,8H2,1-2H3. The first kappa shape index (κ1) is 13.5. The molecular formula is C12H18BrNO2. The molecule has 0 aliphatic heterocycles. The number of hydrogen-bond donors (Lipinski definition) is 2. The summed E-state index contributed by atoms with van der Waals surface area (Å²) in [6.07, 6.45) is 0.976. The molecule has 1 aromatic carbocycles. The van der Waals surface area contributed by atoms with Gasteiger partial charge in [-0.3, -0.25) is 0 Å². The molecule has 0 spiro atoms. The van der Waals surface area contributed by atoms with Gasteiger partial charge >= 0.3 is 0 Å². The lowest BCUT2D eigenvalue weighted by molar-refractivity contribution is 0.194. The predicted octanol–water partition coefficient (Wildman–Crippen LogP) is 2.59. The summed E-state index contributed by atoms with van der Waals surface area (Å²) < 4.78 is 5.71. The van der Waals surface area contributed by atoms with Crippen LogP contribution in [0.5, 0.6) is 5.75 Å². The topological polar surface area (TPSA) is 41.5 Å². The first-order valence-electron chi connectivity index (χ1n) is 5.32. The molecule has 0 saturated carbocycles. The molecule has 0 unspecified atom stereocenters. The lowest BCUT2D eigenvalue weighted by atomic mass is 10.1. The minimum Gasteiger partial charge on any atom is -0.506 e. The van der Waals surface area contributed by atoms with Crippen molar-refractivity contribution in [3.8, 4) is 5.75 Å². The number of ether oxygens (including phenoxy) is 1. The number of benzene rings is 1. The smallest absolute Gasteiger partial charge is 0.134 e. The van der Waals surface area contributed by atoms with Gasteiger partial charge in [0.05, 0.1) is 4.47 Å². The maximum absolute atomic E-state index is 9.81. The molecule has 0 fully saturated rings. The molecular weight excluding hydrogens is 270 g/mol. The van der Waals surface area contributed by atoms with Crippen molar-refractivity contribution >= 4 is 15.9 Å². The summed E-state index contributed by atoms with van der Waals surface area (Å²) in [5.41, 5.74) is 2.06. The summed E-state index contributed by atoms with van der Waals surface area (Å²) >= 11 is 3.33. The summed E-state index contributed by atoms with van der Waals surface area (Å²) in [4.78, 5) is 0. The van der Waals surface area contributed by atoms with Crippen LogP contribution in [0, 0.1) is 6.92 Å². The Morgan fingerprint density at radius 2 is 2.19 bits per heavy atom. The van der Waals surface area contributed by atoms with Crippen molar-refractivity contribution < 1.29 is 9.84 Å². The minimum absolute atomic E-state index is 0.324. The average Bonchev–Trinajstić information content (AvgIpc) is 2.24. The third kappa shape index (κ3) is 4.12. The van der Waals surface area contributed by atoms with E-state index in [4.69, 9.17) is 4.74 Å². The first-order valence-corrected chi connectivity index (χ1v) is 6.12. The van der Waals surface area contributed by atoms with Crippen LogP contribution in [-0.4, -0.2) is 25.4 Å². The highest BCUT2D eigenvalue weighted by molar-refractivity contribution is 9.10. The molecule has 1 rings (SSSR count). The van der Waals surface area contributed by atoms with Gasteiger partial charge in [-0.1, -0.05) is 6.07 Å². The van der Waals surface area contributed by atoms with Crippen molar-refractivity contribution in [3.05, 3.63) is 27.7 Å². The van der Waals surface area contributed by atoms with Crippen LogP contribution in [0.25, 0.3) is 0 Å². The van der Waals surface area contributed by atoms with Crippen molar-refractivity contribution in [2.45, 2.75) is 19.9 Å². The summed E-state index contributed by atoms with van der Waals surface area (Å²) in [5, 5.41) is 13.1. The number of aryl methyl sites for hydroxylation is 1. The SMILES string of the molecule is COCCCNCc1cc(C)cc(Br)c1O. The summed E-state index contributed by atoms with van der Waals surface area (Å²) in [5.74, 6) is 0.324. The van der Waals surface area contributed by atoms with Gasteiger partial charge in [-0.25, -0.2) is 0 Å². The second-order valence-electron chi connectivity index (χ2n) is 3.78. The molecule has 0 aromatic heterocycles. The fourth-order valence-corrected chi connectivity index (χ4v) is 2.12. The number of methoxy groups -OCH3 is 1. The first-order chi connectivity index (χ1) is 7.65. The molecule has 0 aliphatic rings. The summed E-state index contributed by atoms with van der Waals surface area (Å²) in [6, 6.07) is 3.90. The Labute approximate surface area is 105 Å². The Morgan fingerprint density at radius 1 is 1.44 bits per heavy atom. The van der Waals surface area contributed by atoms with Gasteiger partial charge in [-0.05, 0) is 47.4 Å². The predicted molar refractivity (Wildman–Crippen MR) is 68.7 cm³/mol. The molecule has 0 saturated heterocycles. The fraction of sp³-hybridized carbons (Fsp3) is 0.500. The highest BCUT2D eigenvalue weighted by Crippen LogP contribution is 2.29. The van der Waals surface area contributed by atoms with Crippen LogP contribution in [-0.2, 0) is 11.3 Å². The molecule has 16 heavy (non-hydrogen) atoms. The van der Waals surface area contributed by atoms with Crippen molar-refractivity contribution in [3.63, 3.8) is 0 Å². The lowest BCUT2D eigenvalue weighted by Gasteiger charge is -2.09. The number of phenolic OH excluding ortho intramolecular Hbond substituents is 1. The van der Waals surface area contributed by atoms with E-state index >= 15 is 0 Å². The number of aromatic hydroxyl groups is 1. The van der Waals surface area contributed by atoms with Gasteiger partial charge in [-0.15, -0.1) is 0 Å². The molecule has 4 heteroatoms. The Hall–Kier alpha value is -0.580. The van der Waals surface area contributed by atoms with Crippen LogP contribution in [0.2, 0.25) is 0 Å². The third-order valence-electron chi connectivity index (χ3n) is 2.30. The summed E-state index contributed by atoms with van der Waals surface area (Å²) in [7, 11) is 1.70. The second-order valence-corrected chi connectivity index (χ2v) is 4.63. The van der Waals surface area contributed by atoms with Gasteiger partial charge in [0, 0.05) is 25.8 Å². The lowest BCUT2D eigenvalue weighted by Crippen LogP contribution is -2.16. The maximum Gasteiger partial charge on any atom is 0.134 e. The second kappa shape index (κ2) is 6.89. The molecule has 90 valence electrons. The van der Waals surface area contributed by atoms with Gasteiger partial charge in [0.1, 0.15) is 5.75 Å². The molecule has 0 atom stereocenters. The zero-order valence-electron chi connectivity index (χ0n) is 9.72. The molecule has 3 nitrogen and oxygen atoms in total. The summed E-state index contributed by atoms with van der Waals surface area (Å²) in [6.45, 7) is 4.34. The largest absolute Gasteiger partial charge is 0.506 e. The van der Waals surface area contributed by atoms with Crippen LogP contribution in [0.15, 0.2) is 16.6 Å². The minimum atomic E-state index is 0.324. The fourth-order valence-electron chi connectivity index (χ4n) is 1.51. The van der Waals surface area contributed by atoms with E-state index in [2.05, 4.69) is 21.2 Å². The van der Waals surface area contributed by atoms with E-state index in [0.29, 0.717) is 12.3 Å². The number of phenols is 1. The van der Waals surface area contributed by atoms with Crippen LogP contribution < -0.4 is 5.32 Å². The van der Waals surface area contributed by atoms with E-state index < -0.39 is 0 Å². The van der Waals surface area contributed by atoms with Gasteiger partial charge in [-0.2, -0.15) is 0 Å². The van der Waals surface area contributed by atoms with E-state index in [0.717, 1.165) is 35.2 Å². The zero-order valence-corrected chi connectivity index (χ0v) is 11.3. The van der Waals surface area contributed by atoms with E-state index in [1.54, 1.807) is 7.11 Å². The number of hydrogen-bond acceptors (Lipinski definition) is 3. The quantitative estimate of drug-likeness (QED) is 0.791. The average molecular weight is 288 g/mol. The van der Waals surface area contributed by atoms with Gasteiger partial charge in [0.2, 0.25) is 0 Å². The highest BCUT2D eigenvalue weighted by atomic mass is 79.9. The van der Waals surface area contributed by atoms with Gasteiger partial charge < -0.3 is 15.2 Å². The van der Waals surface area contributed by atoms with Gasteiger partial charge in [0.15, 0.2) is 0 Å². The Bertz CT molecular complexity index is 342. The molecule has 2 N–H and O–H groups in total. The van der Waals surface area contributed by atoms with Crippen LogP contribution in [0.4, 0.5) is 0 Å². The van der Waals surface area contributed by atoms with Crippen molar-refractivity contribution in [1.29, 1.82) is 0 Å². The van der Waals surface area contributed by atoms with E-state index in [-0.39, 0.29) is 0 Å². The van der Waals surface area contributed by atoms with E-state index in [1.165, 1.54) is 0 Å². The molecule has 0 bridgehead atoms. The third-order valence-corrected chi connectivity index (χ3v) is 2.91. The van der Waals surface area contributed by atoms with Crippen LogP contribution in [0.3, 0.4) is 0 Å². The van der Waals surface area contributed by atoms with E-state index in [9.17, 15) is 5.11 Å². The molecule has 0 aliphatic carbocycles. The maximum atomic E-state index is 9.81. The van der Waals surface area contributed by atoms with Gasteiger partial charge in [0.25, 0.3) is 0 Å². The Balaban J connectivity index is 2.47. The van der Waals surface area contributed by atoms with Crippen molar-refractivity contribution in [2.24, 2.45) is 0 Å². The van der Waals surface area contributed by atoms with Crippen LogP contribution in [0.1, 0.15) is 17.5 Å². The Morgan fingerprint density at radius 3 is 2.88 bits per heavy atom. The van der Waals surface area contributed by atoms with Crippen LogP contribution >= 0.6 is 15.9 Å². The molecule has 0 amide bonds. The normalized spacial score (nSPS) is 10.7. The molecule has 0 heterocycles. The Kier molecular flexibility index (Phi) is 5.80. The highest BCUT2D eigenvalue weighted by Gasteiger charge is 2.05. The monoisotopic (exact) mass is 287 g/mol. The van der Waals surface area contributed by atoms with Crippen molar-refractivity contribution in [1.82, 2.24) is 5.32 Å². The van der Waals surface area contributed by atoms with E-state index in [1.807, 2.05) is 19.1 Å². The zero-order chi connectivity index (χ0) is 12.0. The number of halogens is 1. The number of rotatable bonds is 6. The number of nitrogens with one attached hydrogen (secondary N) is 1. The molecule has 0 radical (unpaired) electrons. The van der Waals surface area contributed by atoms with Crippen molar-refractivity contribution in [2.75, 3.05) is 20.3 Å².